The summed E-state index contributed by atoms with van der Waals surface area (Å²) in [6.07, 6.45) is 2.79. The number of hydrogen-bond donors (Lipinski definition) is 0. The Morgan fingerprint density at radius 1 is 1.00 bits per heavy atom. The van der Waals surface area contributed by atoms with Crippen LogP contribution in [0.4, 0.5) is 0 Å². The first-order valence-corrected chi connectivity index (χ1v) is 6.05. The fraction of sp³-hybridized carbons (Fsp3) is 0.400. The molecule has 1 fully saturated rings. The van der Waals surface area contributed by atoms with Crippen LogP contribution in [0.1, 0.15) is 12.8 Å². The molecule has 0 atom stereocenters. The Labute approximate surface area is 80.1 Å². The molecule has 1 heterocycles. The first kappa shape index (κ1) is 8.30. The van der Waals surface area contributed by atoms with Crippen molar-refractivity contribution in [1.29, 1.82) is 0 Å². The van der Waals surface area contributed by atoms with Crippen LogP contribution in [0.5, 0.6) is 0 Å². The van der Waals surface area contributed by atoms with E-state index in [9.17, 15) is 0 Å². The fourth-order valence-electron chi connectivity index (χ4n) is 1.41. The van der Waals surface area contributed by atoms with E-state index in [4.69, 9.17) is 0 Å². The van der Waals surface area contributed by atoms with Gasteiger partial charge in [-0.25, -0.2) is 0 Å². The summed E-state index contributed by atoms with van der Waals surface area (Å²) in [6.45, 7) is 2.63. The first-order valence-electron chi connectivity index (χ1n) is 4.43. The molecule has 2 heteroatoms. The molecule has 1 aliphatic heterocycles. The van der Waals surface area contributed by atoms with E-state index in [0.717, 1.165) is 0 Å². The average molecular weight is 226 g/mol. The van der Waals surface area contributed by atoms with Crippen LogP contribution >= 0.6 is 0 Å². The van der Waals surface area contributed by atoms with E-state index in [0.29, 0.717) is 15.2 Å². The van der Waals surface area contributed by atoms with Crippen LogP contribution in [-0.4, -0.2) is 32.2 Å². The third kappa shape index (κ3) is 2.10. The normalized spacial score (nSPS) is 18.3. The minimum atomic E-state index is 0.581. The molecule has 0 spiro atoms. The van der Waals surface area contributed by atoms with Gasteiger partial charge in [0.15, 0.2) is 0 Å². The van der Waals surface area contributed by atoms with E-state index < -0.39 is 0 Å². The second-order valence-electron chi connectivity index (χ2n) is 3.04. The molecule has 0 radical (unpaired) electrons. The van der Waals surface area contributed by atoms with Crippen molar-refractivity contribution in [2.45, 2.75) is 12.8 Å². The van der Waals surface area contributed by atoms with Gasteiger partial charge >= 0.3 is 79.8 Å². The molecular weight excluding hydrogens is 213 g/mol. The summed E-state index contributed by atoms with van der Waals surface area (Å²) in [5, 5.41) is 0. The predicted molar refractivity (Wildman–Crippen MR) is 52.6 cm³/mol. The predicted octanol–water partition coefficient (Wildman–Crippen LogP) is 1.03. The molecule has 1 aromatic carbocycles. The molecular formula is C10H13NSe. The molecule has 0 unspecified atom stereocenters. The van der Waals surface area contributed by atoms with Gasteiger partial charge in [-0.1, -0.05) is 0 Å². The van der Waals surface area contributed by atoms with Crippen molar-refractivity contribution in [2.75, 3.05) is 13.1 Å². The van der Waals surface area contributed by atoms with Gasteiger partial charge in [0.25, 0.3) is 0 Å². The Hall–Kier alpha value is -0.301. The van der Waals surface area contributed by atoms with Crippen molar-refractivity contribution in [2.24, 2.45) is 0 Å². The van der Waals surface area contributed by atoms with Crippen molar-refractivity contribution in [3.05, 3.63) is 30.3 Å². The Kier molecular flexibility index (Phi) is 2.83. The Balaban J connectivity index is 1.94. The van der Waals surface area contributed by atoms with Gasteiger partial charge in [-0.15, -0.1) is 0 Å². The van der Waals surface area contributed by atoms with Crippen molar-refractivity contribution >= 4 is 19.6 Å². The van der Waals surface area contributed by atoms with Crippen molar-refractivity contribution in [1.82, 2.24) is 3.92 Å². The van der Waals surface area contributed by atoms with Crippen LogP contribution in [0.3, 0.4) is 0 Å². The number of nitrogens with zero attached hydrogens (tertiary/aromatic N) is 1. The molecule has 1 aliphatic rings. The van der Waals surface area contributed by atoms with E-state index >= 15 is 0 Å². The fourth-order valence-corrected chi connectivity index (χ4v) is 3.55. The van der Waals surface area contributed by atoms with Crippen LogP contribution in [-0.2, 0) is 0 Å². The molecule has 0 amide bonds. The van der Waals surface area contributed by atoms with E-state index in [-0.39, 0.29) is 0 Å². The van der Waals surface area contributed by atoms with Gasteiger partial charge in [0.2, 0.25) is 0 Å². The minimum absolute atomic E-state index is 0.581. The molecule has 2 rings (SSSR count). The molecule has 1 nitrogen and oxygen atoms in total. The first-order chi connectivity index (χ1) is 5.95. The quantitative estimate of drug-likeness (QED) is 0.681. The number of rotatable bonds is 2. The topological polar surface area (TPSA) is 3.24 Å². The number of benzene rings is 1. The van der Waals surface area contributed by atoms with Crippen LogP contribution < -0.4 is 4.46 Å². The molecule has 1 aromatic rings. The van der Waals surface area contributed by atoms with Crippen LogP contribution in [0.2, 0.25) is 0 Å². The van der Waals surface area contributed by atoms with Gasteiger partial charge in [0.1, 0.15) is 0 Å². The Morgan fingerprint density at radius 2 is 1.67 bits per heavy atom. The molecule has 0 aliphatic carbocycles. The summed E-state index contributed by atoms with van der Waals surface area (Å²) in [5.74, 6) is 0. The van der Waals surface area contributed by atoms with Gasteiger partial charge < -0.3 is 0 Å². The molecule has 0 aromatic heterocycles. The zero-order chi connectivity index (χ0) is 8.23. The van der Waals surface area contributed by atoms with Gasteiger partial charge in [-0.05, 0) is 0 Å². The molecule has 0 N–H and O–H groups in total. The maximum absolute atomic E-state index is 2.59. The Bertz CT molecular complexity index is 229. The average Bonchev–Trinajstić information content (AvgIpc) is 2.59. The summed E-state index contributed by atoms with van der Waals surface area (Å²) in [4.78, 5) is 0. The zero-order valence-corrected chi connectivity index (χ0v) is 8.78. The van der Waals surface area contributed by atoms with Crippen LogP contribution in [0.15, 0.2) is 30.3 Å². The van der Waals surface area contributed by atoms with Crippen molar-refractivity contribution < 1.29 is 0 Å². The van der Waals surface area contributed by atoms with Gasteiger partial charge in [0, 0.05) is 0 Å². The van der Waals surface area contributed by atoms with Crippen LogP contribution in [0.25, 0.3) is 0 Å². The number of hydrogen-bond acceptors (Lipinski definition) is 1. The van der Waals surface area contributed by atoms with E-state index in [1.165, 1.54) is 30.4 Å². The van der Waals surface area contributed by atoms with Gasteiger partial charge in [-0.3, -0.25) is 0 Å². The third-order valence-corrected chi connectivity index (χ3v) is 4.36. The monoisotopic (exact) mass is 227 g/mol. The second kappa shape index (κ2) is 4.08. The van der Waals surface area contributed by atoms with E-state index in [2.05, 4.69) is 34.2 Å². The van der Waals surface area contributed by atoms with Crippen molar-refractivity contribution in [3.8, 4) is 0 Å². The SMILES string of the molecule is c1ccc([Se]N2CCCC2)cc1. The van der Waals surface area contributed by atoms with Gasteiger partial charge in [0.05, 0.1) is 0 Å². The van der Waals surface area contributed by atoms with E-state index in [1.807, 2.05) is 0 Å². The molecule has 0 bridgehead atoms. The van der Waals surface area contributed by atoms with E-state index in [1.54, 1.807) is 0 Å². The summed E-state index contributed by atoms with van der Waals surface area (Å²) >= 11 is 0.581. The molecule has 0 saturated carbocycles. The summed E-state index contributed by atoms with van der Waals surface area (Å²) in [6, 6.07) is 10.8. The maximum atomic E-state index is 2.59. The third-order valence-electron chi connectivity index (χ3n) is 2.04. The summed E-state index contributed by atoms with van der Waals surface area (Å²) in [7, 11) is 0. The summed E-state index contributed by atoms with van der Waals surface area (Å²) < 4.78 is 4.09. The molecule has 12 heavy (non-hydrogen) atoms. The molecule has 1 saturated heterocycles. The summed E-state index contributed by atoms with van der Waals surface area (Å²) in [5.41, 5.74) is 0. The standard InChI is InChI=1S/C10H13NSe/c1-2-6-10(7-3-1)12-11-8-4-5-9-11/h1-3,6-7H,4-5,8-9H2. The van der Waals surface area contributed by atoms with Crippen LogP contribution in [0, 0.1) is 0 Å². The van der Waals surface area contributed by atoms with Gasteiger partial charge in [-0.2, -0.15) is 0 Å². The molecule has 64 valence electrons. The zero-order valence-electron chi connectivity index (χ0n) is 7.07. The van der Waals surface area contributed by atoms with Crippen molar-refractivity contribution in [3.63, 3.8) is 0 Å². The second-order valence-corrected chi connectivity index (χ2v) is 5.50. The Morgan fingerprint density at radius 3 is 2.33 bits per heavy atom.